The van der Waals surface area contributed by atoms with Crippen LogP contribution in [0.5, 0.6) is 0 Å². The molecular formula is C19H28ClN3O. The molecule has 5 heteroatoms. The maximum Gasteiger partial charge on any atom is 0.241 e. The third kappa shape index (κ3) is 4.82. The number of likely N-dealkylation sites (N-methyl/N-ethyl adjacent to an activating group) is 2. The molecule has 4 nitrogen and oxygen atoms in total. The van der Waals surface area contributed by atoms with E-state index in [4.69, 9.17) is 11.6 Å². The minimum absolute atomic E-state index is 0.164. The van der Waals surface area contributed by atoms with Crippen molar-refractivity contribution in [3.63, 3.8) is 0 Å². The average molecular weight is 350 g/mol. The summed E-state index contributed by atoms with van der Waals surface area (Å²) >= 11 is 5.95. The summed E-state index contributed by atoms with van der Waals surface area (Å²) in [6.45, 7) is 6.42. The Labute approximate surface area is 150 Å². The predicted molar refractivity (Wildman–Crippen MR) is 101 cm³/mol. The number of nitrogens with one attached hydrogen (secondary N) is 1. The second kappa shape index (κ2) is 8.65. The zero-order valence-electron chi connectivity index (χ0n) is 15.1. The van der Waals surface area contributed by atoms with E-state index in [0.717, 1.165) is 24.5 Å². The summed E-state index contributed by atoms with van der Waals surface area (Å²) < 4.78 is 0. The highest BCUT2D eigenvalue weighted by Gasteiger charge is 2.26. The average Bonchev–Trinajstić information content (AvgIpc) is 2.59. The molecule has 132 valence electrons. The van der Waals surface area contributed by atoms with Crippen LogP contribution >= 0.6 is 11.6 Å². The predicted octanol–water partition coefficient (Wildman–Crippen LogP) is 2.88. The monoisotopic (exact) mass is 349 g/mol. The summed E-state index contributed by atoms with van der Waals surface area (Å²) in [6.07, 6.45) is 3.04. The molecular weight excluding hydrogens is 322 g/mol. The molecule has 0 radical (unpaired) electrons. The largest absolute Gasteiger partial charge is 0.337 e. The maximum absolute atomic E-state index is 12.8. The van der Waals surface area contributed by atoms with E-state index in [1.807, 2.05) is 36.2 Å². The van der Waals surface area contributed by atoms with Crippen LogP contribution in [0.2, 0.25) is 5.02 Å². The Balaban J connectivity index is 1.99. The molecule has 0 aromatic heterocycles. The number of hydrogen-bond acceptors (Lipinski definition) is 3. The fraction of sp³-hybridized carbons (Fsp3) is 0.526. The fourth-order valence-electron chi connectivity index (χ4n) is 2.81. The van der Waals surface area contributed by atoms with Gasteiger partial charge >= 0.3 is 0 Å². The molecule has 0 saturated carbocycles. The van der Waals surface area contributed by atoms with Gasteiger partial charge in [-0.05, 0) is 57.6 Å². The summed E-state index contributed by atoms with van der Waals surface area (Å²) in [5.74, 6) is 0.177. The minimum Gasteiger partial charge on any atom is -0.337 e. The molecule has 0 unspecified atom stereocenters. The van der Waals surface area contributed by atoms with E-state index in [-0.39, 0.29) is 11.9 Å². The van der Waals surface area contributed by atoms with Crippen molar-refractivity contribution < 1.29 is 4.79 Å². The third-order valence-electron chi connectivity index (χ3n) is 4.73. The van der Waals surface area contributed by atoms with E-state index < -0.39 is 0 Å². The highest BCUT2D eigenvalue weighted by molar-refractivity contribution is 6.30. The summed E-state index contributed by atoms with van der Waals surface area (Å²) in [7, 11) is 3.91. The number of rotatable bonds is 6. The molecule has 1 N–H and O–H groups in total. The smallest absolute Gasteiger partial charge is 0.241 e. The molecule has 0 fully saturated rings. The van der Waals surface area contributed by atoms with Crippen molar-refractivity contribution in [1.29, 1.82) is 0 Å². The van der Waals surface area contributed by atoms with Crippen LogP contribution in [0.4, 0.5) is 0 Å². The van der Waals surface area contributed by atoms with E-state index in [1.54, 1.807) is 0 Å². The second-order valence-electron chi connectivity index (χ2n) is 6.65. The molecule has 1 aromatic rings. The molecule has 0 spiro atoms. The summed E-state index contributed by atoms with van der Waals surface area (Å²) in [6, 6.07) is 8.16. The summed E-state index contributed by atoms with van der Waals surface area (Å²) in [5.41, 5.74) is 2.48. The van der Waals surface area contributed by atoms with Gasteiger partial charge in [-0.3, -0.25) is 4.79 Å². The minimum atomic E-state index is -0.164. The van der Waals surface area contributed by atoms with Crippen LogP contribution in [0.25, 0.3) is 5.57 Å². The van der Waals surface area contributed by atoms with Crippen molar-refractivity contribution in [2.75, 3.05) is 33.7 Å². The molecule has 1 atom stereocenters. The van der Waals surface area contributed by atoms with Gasteiger partial charge in [0.2, 0.25) is 5.91 Å². The van der Waals surface area contributed by atoms with Gasteiger partial charge in [0.25, 0.3) is 0 Å². The Morgan fingerprint density at radius 2 is 2.00 bits per heavy atom. The number of carbonyl (C=O) groups excluding carboxylic acids is 1. The van der Waals surface area contributed by atoms with Gasteiger partial charge in [0.15, 0.2) is 0 Å². The SMILES string of the molecule is CN[C@H](CN(C)C(C)C)C(=O)N1CC=C(c2ccc(Cl)cc2)CC1. The van der Waals surface area contributed by atoms with Gasteiger partial charge in [-0.1, -0.05) is 29.8 Å². The van der Waals surface area contributed by atoms with Crippen molar-refractivity contribution >= 4 is 23.1 Å². The summed E-state index contributed by atoms with van der Waals surface area (Å²) in [5, 5.41) is 3.91. The number of halogens is 1. The van der Waals surface area contributed by atoms with Crippen LogP contribution < -0.4 is 5.32 Å². The number of amides is 1. The number of benzene rings is 1. The Kier molecular flexibility index (Phi) is 6.84. The van der Waals surface area contributed by atoms with E-state index in [0.29, 0.717) is 12.6 Å². The normalized spacial score (nSPS) is 16.5. The molecule has 2 rings (SSSR count). The Morgan fingerprint density at radius 3 is 2.50 bits per heavy atom. The Bertz CT molecular complexity index is 583. The standard InChI is InChI=1S/C19H28ClN3O/c1-14(2)22(4)13-18(21-3)19(24)23-11-9-16(10-12-23)15-5-7-17(20)8-6-15/h5-9,14,18,21H,10-13H2,1-4H3/t18-/m1/s1. The molecule has 1 amide bonds. The number of hydrogen-bond donors (Lipinski definition) is 1. The zero-order chi connectivity index (χ0) is 17.7. The van der Waals surface area contributed by atoms with Crippen LogP contribution in [0.1, 0.15) is 25.8 Å². The molecule has 1 heterocycles. The third-order valence-corrected chi connectivity index (χ3v) is 4.99. The fourth-order valence-corrected chi connectivity index (χ4v) is 2.93. The lowest BCUT2D eigenvalue weighted by Crippen LogP contribution is -2.52. The van der Waals surface area contributed by atoms with Gasteiger partial charge in [0.05, 0.1) is 6.04 Å². The van der Waals surface area contributed by atoms with E-state index in [1.165, 1.54) is 11.1 Å². The first kappa shape index (κ1) is 19.0. The molecule has 0 aliphatic carbocycles. The van der Waals surface area contributed by atoms with Gasteiger partial charge < -0.3 is 15.1 Å². The van der Waals surface area contributed by atoms with E-state index in [2.05, 4.69) is 37.2 Å². The number of carbonyl (C=O) groups is 1. The number of nitrogens with zero attached hydrogens (tertiary/aromatic N) is 2. The van der Waals surface area contributed by atoms with E-state index in [9.17, 15) is 4.79 Å². The van der Waals surface area contributed by atoms with Crippen LogP contribution in [-0.2, 0) is 4.79 Å². The lowest BCUT2D eigenvalue weighted by molar-refractivity contribution is -0.133. The molecule has 1 aliphatic rings. The van der Waals surface area contributed by atoms with Crippen molar-refractivity contribution in [2.24, 2.45) is 0 Å². The van der Waals surface area contributed by atoms with Gasteiger partial charge in [0.1, 0.15) is 0 Å². The molecule has 24 heavy (non-hydrogen) atoms. The van der Waals surface area contributed by atoms with Gasteiger partial charge in [-0.2, -0.15) is 0 Å². The second-order valence-corrected chi connectivity index (χ2v) is 7.08. The van der Waals surface area contributed by atoms with Crippen LogP contribution in [0.15, 0.2) is 30.3 Å². The molecule has 1 aromatic carbocycles. The summed E-state index contributed by atoms with van der Waals surface area (Å²) in [4.78, 5) is 16.9. The van der Waals surface area contributed by atoms with Crippen molar-refractivity contribution in [3.05, 3.63) is 40.9 Å². The van der Waals surface area contributed by atoms with E-state index >= 15 is 0 Å². The van der Waals surface area contributed by atoms with Crippen molar-refractivity contribution in [3.8, 4) is 0 Å². The first-order chi connectivity index (χ1) is 11.4. The molecule has 1 aliphatic heterocycles. The van der Waals surface area contributed by atoms with Gasteiger partial charge in [0, 0.05) is 30.7 Å². The highest BCUT2D eigenvalue weighted by Crippen LogP contribution is 2.24. The molecule has 0 bridgehead atoms. The van der Waals surface area contributed by atoms with Crippen LogP contribution in [0, 0.1) is 0 Å². The Morgan fingerprint density at radius 1 is 1.33 bits per heavy atom. The van der Waals surface area contributed by atoms with Gasteiger partial charge in [-0.15, -0.1) is 0 Å². The van der Waals surface area contributed by atoms with Gasteiger partial charge in [-0.25, -0.2) is 0 Å². The quantitative estimate of drug-likeness (QED) is 0.857. The first-order valence-corrected chi connectivity index (χ1v) is 8.91. The maximum atomic E-state index is 12.8. The molecule has 0 saturated heterocycles. The van der Waals surface area contributed by atoms with Crippen molar-refractivity contribution in [1.82, 2.24) is 15.1 Å². The van der Waals surface area contributed by atoms with Crippen LogP contribution in [0.3, 0.4) is 0 Å². The van der Waals surface area contributed by atoms with Crippen LogP contribution in [-0.4, -0.2) is 61.5 Å². The topological polar surface area (TPSA) is 35.6 Å². The Hall–Kier alpha value is -1.36. The first-order valence-electron chi connectivity index (χ1n) is 8.53. The lowest BCUT2D eigenvalue weighted by Gasteiger charge is -2.32. The lowest BCUT2D eigenvalue weighted by atomic mass is 9.99. The highest BCUT2D eigenvalue weighted by atomic mass is 35.5. The van der Waals surface area contributed by atoms with Crippen molar-refractivity contribution in [2.45, 2.75) is 32.4 Å². The zero-order valence-corrected chi connectivity index (χ0v) is 15.8.